The summed E-state index contributed by atoms with van der Waals surface area (Å²) in [5.74, 6) is 2.22. The maximum absolute atomic E-state index is 12.6. The van der Waals surface area contributed by atoms with E-state index in [0.717, 1.165) is 17.5 Å². The number of thioether (sulfide) groups is 2. The highest BCUT2D eigenvalue weighted by atomic mass is 32.2. The van der Waals surface area contributed by atoms with Crippen molar-refractivity contribution in [2.24, 2.45) is 0 Å². The number of hydrogen-bond donors (Lipinski definition) is 0. The zero-order valence-corrected chi connectivity index (χ0v) is 16.5. The fraction of sp³-hybridized carbons (Fsp3) is 0.316. The first kappa shape index (κ1) is 19.6. The lowest BCUT2D eigenvalue weighted by atomic mass is 10.3. The first-order valence-electron chi connectivity index (χ1n) is 8.43. The molecule has 1 aliphatic heterocycles. The zero-order valence-electron chi connectivity index (χ0n) is 14.9. The molecule has 2 heterocycles. The largest absolute Gasteiger partial charge is 0.493 e. The standard InChI is InChI=1S/C19H20N2O4S2/c1-24-15-6-2-3-7-16(15)25-12-18-21(9-10-26-18)17(22)13-27-19(23)14-5-4-8-20-11-14/h2-8,11,18H,9-10,12-13H2,1H3. The number of ether oxygens (including phenoxy) is 2. The molecule has 142 valence electrons. The van der Waals surface area contributed by atoms with Gasteiger partial charge in [0.25, 0.3) is 0 Å². The summed E-state index contributed by atoms with van der Waals surface area (Å²) in [6.45, 7) is 1.03. The van der Waals surface area contributed by atoms with Crippen LogP contribution in [0.25, 0.3) is 0 Å². The predicted octanol–water partition coefficient (Wildman–Crippen LogP) is 2.94. The summed E-state index contributed by atoms with van der Waals surface area (Å²) in [4.78, 5) is 30.4. The van der Waals surface area contributed by atoms with E-state index in [1.165, 1.54) is 6.20 Å². The lowest BCUT2D eigenvalue weighted by molar-refractivity contribution is -0.128. The molecule has 1 saturated heterocycles. The normalized spacial score (nSPS) is 16.2. The Morgan fingerprint density at radius 1 is 1.26 bits per heavy atom. The van der Waals surface area contributed by atoms with Gasteiger partial charge in [-0.1, -0.05) is 23.9 Å². The number of pyridine rings is 1. The van der Waals surface area contributed by atoms with Crippen LogP contribution in [0.15, 0.2) is 48.8 Å². The van der Waals surface area contributed by atoms with Gasteiger partial charge >= 0.3 is 0 Å². The van der Waals surface area contributed by atoms with E-state index < -0.39 is 0 Å². The third kappa shape index (κ3) is 5.17. The minimum atomic E-state index is -0.148. The maximum Gasteiger partial charge on any atom is 0.234 e. The molecule has 3 rings (SSSR count). The van der Waals surface area contributed by atoms with E-state index >= 15 is 0 Å². The van der Waals surface area contributed by atoms with E-state index in [4.69, 9.17) is 9.47 Å². The molecule has 0 N–H and O–H groups in total. The van der Waals surface area contributed by atoms with E-state index in [-0.39, 0.29) is 22.1 Å². The van der Waals surface area contributed by atoms with Crippen molar-refractivity contribution in [3.05, 3.63) is 54.4 Å². The third-order valence-corrected chi connectivity index (χ3v) is 6.07. The maximum atomic E-state index is 12.6. The fourth-order valence-corrected chi connectivity index (χ4v) is 4.47. The molecule has 1 aromatic carbocycles. The van der Waals surface area contributed by atoms with Gasteiger partial charge in [0.05, 0.1) is 12.9 Å². The van der Waals surface area contributed by atoms with Crippen LogP contribution in [0.5, 0.6) is 11.5 Å². The number of rotatable bonds is 7. The number of aromatic nitrogens is 1. The summed E-state index contributed by atoms with van der Waals surface area (Å²) in [7, 11) is 1.60. The Bertz CT molecular complexity index is 788. The van der Waals surface area contributed by atoms with Crippen LogP contribution in [-0.2, 0) is 4.79 Å². The molecule has 1 unspecified atom stereocenters. The molecule has 1 aliphatic rings. The van der Waals surface area contributed by atoms with Gasteiger partial charge < -0.3 is 14.4 Å². The van der Waals surface area contributed by atoms with Gasteiger partial charge in [0, 0.05) is 30.3 Å². The summed E-state index contributed by atoms with van der Waals surface area (Å²) in [6, 6.07) is 10.8. The third-order valence-electron chi connectivity index (χ3n) is 3.98. The Labute approximate surface area is 166 Å². The first-order valence-corrected chi connectivity index (χ1v) is 10.5. The quantitative estimate of drug-likeness (QED) is 0.703. The topological polar surface area (TPSA) is 68.7 Å². The molecule has 2 aromatic rings. The van der Waals surface area contributed by atoms with Crippen LogP contribution in [0.4, 0.5) is 0 Å². The van der Waals surface area contributed by atoms with Gasteiger partial charge in [0.1, 0.15) is 12.0 Å². The molecule has 1 aromatic heterocycles. The summed E-state index contributed by atoms with van der Waals surface area (Å²) in [5.41, 5.74) is 0.502. The number of carbonyl (C=O) groups is 2. The highest BCUT2D eigenvalue weighted by Gasteiger charge is 2.30. The van der Waals surface area contributed by atoms with Gasteiger partial charge in [-0.25, -0.2) is 0 Å². The molecule has 0 bridgehead atoms. The number of hydrogen-bond acceptors (Lipinski definition) is 7. The van der Waals surface area contributed by atoms with Crippen molar-refractivity contribution in [2.75, 3.05) is 31.8 Å². The minimum absolute atomic E-state index is 0.0594. The van der Waals surface area contributed by atoms with Crippen molar-refractivity contribution >= 4 is 34.5 Å². The molecule has 0 aliphatic carbocycles. The molecule has 1 fully saturated rings. The van der Waals surface area contributed by atoms with Gasteiger partial charge in [-0.05, 0) is 24.3 Å². The first-order chi connectivity index (χ1) is 13.2. The summed E-state index contributed by atoms with van der Waals surface area (Å²) in [5, 5.41) is -0.221. The highest BCUT2D eigenvalue weighted by molar-refractivity contribution is 8.14. The van der Waals surface area contributed by atoms with Crippen molar-refractivity contribution < 1.29 is 19.1 Å². The van der Waals surface area contributed by atoms with E-state index in [9.17, 15) is 9.59 Å². The van der Waals surface area contributed by atoms with Crippen molar-refractivity contribution in [1.29, 1.82) is 0 Å². The summed E-state index contributed by atoms with van der Waals surface area (Å²) >= 11 is 2.68. The van der Waals surface area contributed by atoms with Crippen molar-refractivity contribution in [3.63, 3.8) is 0 Å². The molecule has 27 heavy (non-hydrogen) atoms. The summed E-state index contributed by atoms with van der Waals surface area (Å²) in [6.07, 6.45) is 3.12. The highest BCUT2D eigenvalue weighted by Crippen LogP contribution is 2.29. The van der Waals surface area contributed by atoms with Crippen LogP contribution < -0.4 is 9.47 Å². The Morgan fingerprint density at radius 3 is 2.81 bits per heavy atom. The van der Waals surface area contributed by atoms with Gasteiger partial charge in [-0.2, -0.15) is 0 Å². The predicted molar refractivity (Wildman–Crippen MR) is 107 cm³/mol. The number of nitrogens with zero attached hydrogens (tertiary/aromatic N) is 2. The second-order valence-corrected chi connectivity index (χ2v) is 7.93. The van der Waals surface area contributed by atoms with E-state index in [0.29, 0.717) is 30.2 Å². The van der Waals surface area contributed by atoms with Gasteiger partial charge in [-0.15, -0.1) is 11.8 Å². The summed E-state index contributed by atoms with van der Waals surface area (Å²) < 4.78 is 11.1. The zero-order chi connectivity index (χ0) is 19.1. The number of carbonyl (C=O) groups excluding carboxylic acids is 2. The number of benzene rings is 1. The van der Waals surface area contributed by atoms with Crippen LogP contribution in [0, 0.1) is 0 Å². The Morgan fingerprint density at radius 2 is 2.07 bits per heavy atom. The second kappa shape index (κ2) is 9.66. The van der Waals surface area contributed by atoms with Crippen LogP contribution in [0.3, 0.4) is 0 Å². The minimum Gasteiger partial charge on any atom is -0.493 e. The van der Waals surface area contributed by atoms with Crippen molar-refractivity contribution in [3.8, 4) is 11.5 Å². The molecular formula is C19H20N2O4S2. The van der Waals surface area contributed by atoms with Crippen LogP contribution in [0.2, 0.25) is 0 Å². The molecule has 0 spiro atoms. The molecule has 0 saturated carbocycles. The van der Waals surface area contributed by atoms with E-state index in [1.807, 2.05) is 24.3 Å². The molecule has 8 heteroatoms. The lowest BCUT2D eigenvalue weighted by Gasteiger charge is -2.24. The second-order valence-electron chi connectivity index (χ2n) is 5.69. The molecule has 6 nitrogen and oxygen atoms in total. The number of methoxy groups -OCH3 is 1. The average Bonchev–Trinajstić information content (AvgIpc) is 3.19. The van der Waals surface area contributed by atoms with Crippen LogP contribution in [0.1, 0.15) is 10.4 Å². The average molecular weight is 405 g/mol. The van der Waals surface area contributed by atoms with Gasteiger partial charge in [-0.3, -0.25) is 14.6 Å². The van der Waals surface area contributed by atoms with Gasteiger partial charge in [0.15, 0.2) is 11.5 Å². The molecular weight excluding hydrogens is 384 g/mol. The Balaban J connectivity index is 1.52. The Kier molecular flexibility index (Phi) is 7.00. The van der Waals surface area contributed by atoms with Gasteiger partial charge in [0.2, 0.25) is 11.0 Å². The molecule has 1 amide bonds. The monoisotopic (exact) mass is 404 g/mol. The SMILES string of the molecule is COc1ccccc1OCC1SCCN1C(=O)CSC(=O)c1cccnc1. The Hall–Kier alpha value is -2.19. The van der Waals surface area contributed by atoms with E-state index in [1.54, 1.807) is 42.1 Å². The van der Waals surface area contributed by atoms with Crippen LogP contribution >= 0.6 is 23.5 Å². The molecule has 1 atom stereocenters. The van der Waals surface area contributed by atoms with Crippen molar-refractivity contribution in [1.82, 2.24) is 9.88 Å². The number of amides is 1. The fourth-order valence-electron chi connectivity index (χ4n) is 2.62. The van der Waals surface area contributed by atoms with E-state index in [2.05, 4.69) is 4.98 Å². The molecule has 0 radical (unpaired) electrons. The number of para-hydroxylation sites is 2. The smallest absolute Gasteiger partial charge is 0.234 e. The lowest BCUT2D eigenvalue weighted by Crippen LogP contribution is -2.39. The van der Waals surface area contributed by atoms with Crippen molar-refractivity contribution in [2.45, 2.75) is 5.37 Å². The van der Waals surface area contributed by atoms with Crippen LogP contribution in [-0.4, -0.2) is 58.0 Å².